The van der Waals surface area contributed by atoms with Crippen molar-refractivity contribution >= 4 is 29.4 Å². The molecular weight excluding hydrogens is 250 g/mol. The normalized spacial score (nSPS) is 10.7. The Morgan fingerprint density at radius 3 is 2.39 bits per heavy atom. The smallest absolute Gasteiger partial charge is 0.258 e. The molecule has 0 aromatic heterocycles. The first kappa shape index (κ1) is 12.3. The van der Waals surface area contributed by atoms with Crippen LogP contribution >= 0.6 is 11.6 Å². The minimum absolute atomic E-state index is 0.0636. The van der Waals surface area contributed by atoms with Crippen molar-refractivity contribution in [3.8, 4) is 0 Å². The maximum atomic E-state index is 10.9. The summed E-state index contributed by atoms with van der Waals surface area (Å²) < 4.78 is 0. The van der Waals surface area contributed by atoms with Crippen LogP contribution in [0.1, 0.15) is 11.1 Å². The van der Waals surface area contributed by atoms with Gasteiger partial charge in [-0.25, -0.2) is 0 Å². The monoisotopic (exact) mass is 259 g/mol. The molecule has 0 saturated carbocycles. The molecule has 0 spiro atoms. The molecule has 0 N–H and O–H groups in total. The van der Waals surface area contributed by atoms with E-state index >= 15 is 0 Å². The molecule has 0 heterocycles. The molecule has 2 aromatic carbocycles. The minimum atomic E-state index is -0.465. The van der Waals surface area contributed by atoms with E-state index in [1.54, 1.807) is 18.2 Å². The Bertz CT molecular complexity index is 594. The van der Waals surface area contributed by atoms with Crippen molar-refractivity contribution in [2.45, 2.75) is 0 Å². The Morgan fingerprint density at radius 1 is 1.00 bits per heavy atom. The van der Waals surface area contributed by atoms with Gasteiger partial charge in [0.2, 0.25) is 0 Å². The van der Waals surface area contributed by atoms with Crippen molar-refractivity contribution in [3.63, 3.8) is 0 Å². The van der Waals surface area contributed by atoms with Crippen molar-refractivity contribution in [1.82, 2.24) is 0 Å². The van der Waals surface area contributed by atoms with E-state index in [1.165, 1.54) is 6.07 Å². The van der Waals surface area contributed by atoms with Gasteiger partial charge >= 0.3 is 0 Å². The van der Waals surface area contributed by atoms with Crippen LogP contribution in [0.3, 0.4) is 0 Å². The van der Waals surface area contributed by atoms with Gasteiger partial charge < -0.3 is 0 Å². The molecule has 2 rings (SSSR count). The van der Waals surface area contributed by atoms with Gasteiger partial charge in [-0.1, -0.05) is 54.1 Å². The highest BCUT2D eigenvalue weighted by atomic mass is 35.5. The molecule has 0 saturated heterocycles. The van der Waals surface area contributed by atoms with Gasteiger partial charge in [-0.15, -0.1) is 0 Å². The lowest BCUT2D eigenvalue weighted by Gasteiger charge is -1.99. The molecule has 0 bridgehead atoms. The molecule has 90 valence electrons. The van der Waals surface area contributed by atoms with Gasteiger partial charge in [-0.3, -0.25) is 10.1 Å². The zero-order valence-corrected chi connectivity index (χ0v) is 10.2. The predicted molar refractivity (Wildman–Crippen MR) is 73.5 cm³/mol. The number of hydrogen-bond acceptors (Lipinski definition) is 2. The quantitative estimate of drug-likeness (QED) is 0.465. The molecule has 0 aliphatic rings. The molecule has 2 aromatic rings. The number of halogens is 1. The van der Waals surface area contributed by atoms with Crippen LogP contribution in [0.5, 0.6) is 0 Å². The minimum Gasteiger partial charge on any atom is -0.258 e. The lowest BCUT2D eigenvalue weighted by Crippen LogP contribution is -1.92. The van der Waals surface area contributed by atoms with E-state index in [-0.39, 0.29) is 10.7 Å². The highest BCUT2D eigenvalue weighted by Crippen LogP contribution is 2.29. The molecule has 0 amide bonds. The number of para-hydroxylation sites is 1. The van der Waals surface area contributed by atoms with Crippen molar-refractivity contribution in [3.05, 3.63) is 74.8 Å². The van der Waals surface area contributed by atoms with Crippen molar-refractivity contribution in [2.75, 3.05) is 0 Å². The van der Waals surface area contributed by atoms with Gasteiger partial charge in [0, 0.05) is 0 Å². The lowest BCUT2D eigenvalue weighted by molar-refractivity contribution is -0.384. The van der Waals surface area contributed by atoms with Crippen LogP contribution < -0.4 is 0 Å². The Kier molecular flexibility index (Phi) is 3.75. The standard InChI is InChI=1S/C14H10ClNO2/c15-13-8-4-7-12(14(13)16(17)18)10-9-11-5-2-1-3-6-11/h1-10H. The Hall–Kier alpha value is -2.13. The fraction of sp³-hybridized carbons (Fsp3) is 0. The van der Waals surface area contributed by atoms with Crippen LogP contribution in [0, 0.1) is 10.1 Å². The van der Waals surface area contributed by atoms with E-state index in [2.05, 4.69) is 0 Å². The SMILES string of the molecule is O=[N+]([O-])c1c(Cl)cccc1C=Cc1ccccc1. The van der Waals surface area contributed by atoms with Crippen molar-refractivity contribution < 1.29 is 4.92 Å². The molecule has 4 heteroatoms. The zero-order chi connectivity index (χ0) is 13.0. The average Bonchev–Trinajstić information content (AvgIpc) is 2.37. The number of benzene rings is 2. The van der Waals surface area contributed by atoms with Crippen LogP contribution in [0.25, 0.3) is 12.2 Å². The molecule has 0 unspecified atom stereocenters. The largest absolute Gasteiger partial charge is 0.295 e. The summed E-state index contributed by atoms with van der Waals surface area (Å²) in [6.07, 6.45) is 3.51. The summed E-state index contributed by atoms with van der Waals surface area (Å²) in [5.41, 5.74) is 1.41. The Balaban J connectivity index is 2.38. The highest BCUT2D eigenvalue weighted by Gasteiger charge is 2.15. The maximum absolute atomic E-state index is 10.9. The molecule has 3 nitrogen and oxygen atoms in total. The molecule has 0 aliphatic heterocycles. The summed E-state index contributed by atoms with van der Waals surface area (Å²) >= 11 is 5.83. The van der Waals surface area contributed by atoms with E-state index < -0.39 is 4.92 Å². The van der Waals surface area contributed by atoms with Crippen molar-refractivity contribution in [1.29, 1.82) is 0 Å². The summed E-state index contributed by atoms with van der Waals surface area (Å²) in [4.78, 5) is 10.5. The van der Waals surface area contributed by atoms with Gasteiger partial charge in [0.25, 0.3) is 5.69 Å². The van der Waals surface area contributed by atoms with Gasteiger partial charge in [0.05, 0.1) is 10.5 Å². The molecule has 0 radical (unpaired) electrons. The molecule has 0 aliphatic carbocycles. The Morgan fingerprint density at radius 2 is 1.72 bits per heavy atom. The summed E-state index contributed by atoms with van der Waals surface area (Å²) in [6, 6.07) is 14.5. The second-order valence-corrected chi connectivity index (χ2v) is 4.09. The summed E-state index contributed by atoms with van der Waals surface area (Å²) in [7, 11) is 0. The molecule has 18 heavy (non-hydrogen) atoms. The van der Waals surface area contributed by atoms with Crippen LogP contribution in [-0.2, 0) is 0 Å². The average molecular weight is 260 g/mol. The third kappa shape index (κ3) is 2.76. The second-order valence-electron chi connectivity index (χ2n) is 3.68. The summed E-state index contributed by atoms with van der Waals surface area (Å²) in [5.74, 6) is 0. The highest BCUT2D eigenvalue weighted by molar-refractivity contribution is 6.33. The first-order chi connectivity index (χ1) is 8.68. The van der Waals surface area contributed by atoms with Crippen LogP contribution in [0.2, 0.25) is 5.02 Å². The fourth-order valence-electron chi connectivity index (χ4n) is 1.61. The first-order valence-corrected chi connectivity index (χ1v) is 5.72. The third-order valence-electron chi connectivity index (χ3n) is 2.46. The lowest BCUT2D eigenvalue weighted by atomic mass is 10.1. The molecule has 0 atom stereocenters. The first-order valence-electron chi connectivity index (χ1n) is 5.34. The number of nitrogens with zero attached hydrogens (tertiary/aromatic N) is 1. The van der Waals surface area contributed by atoms with Gasteiger partial charge in [-0.05, 0) is 23.8 Å². The van der Waals surface area contributed by atoms with Gasteiger partial charge in [0.1, 0.15) is 5.02 Å². The fourth-order valence-corrected chi connectivity index (χ4v) is 1.86. The van der Waals surface area contributed by atoms with Crippen LogP contribution in [-0.4, -0.2) is 4.92 Å². The molecular formula is C14H10ClNO2. The van der Waals surface area contributed by atoms with E-state index in [0.717, 1.165) is 5.56 Å². The number of rotatable bonds is 3. The van der Waals surface area contributed by atoms with Crippen LogP contribution in [0.15, 0.2) is 48.5 Å². The van der Waals surface area contributed by atoms with Crippen molar-refractivity contribution in [2.24, 2.45) is 0 Å². The van der Waals surface area contributed by atoms with E-state index in [4.69, 9.17) is 11.6 Å². The summed E-state index contributed by atoms with van der Waals surface area (Å²) in [5, 5.41) is 11.1. The second kappa shape index (κ2) is 5.47. The number of nitro benzene ring substituents is 1. The number of hydrogen-bond donors (Lipinski definition) is 0. The summed E-state index contributed by atoms with van der Waals surface area (Å²) in [6.45, 7) is 0. The van der Waals surface area contributed by atoms with E-state index in [1.807, 2.05) is 36.4 Å². The van der Waals surface area contributed by atoms with E-state index in [9.17, 15) is 10.1 Å². The van der Waals surface area contributed by atoms with Gasteiger partial charge in [-0.2, -0.15) is 0 Å². The van der Waals surface area contributed by atoms with Crippen LogP contribution in [0.4, 0.5) is 5.69 Å². The van der Waals surface area contributed by atoms with Gasteiger partial charge in [0.15, 0.2) is 0 Å². The maximum Gasteiger partial charge on any atom is 0.295 e. The number of nitro groups is 1. The predicted octanol–water partition coefficient (Wildman–Crippen LogP) is 4.42. The molecule has 0 fully saturated rings. The topological polar surface area (TPSA) is 43.1 Å². The third-order valence-corrected chi connectivity index (χ3v) is 2.76. The zero-order valence-electron chi connectivity index (χ0n) is 9.42. The Labute approximate surface area is 109 Å². The van der Waals surface area contributed by atoms with E-state index in [0.29, 0.717) is 5.56 Å².